The van der Waals surface area contributed by atoms with Crippen molar-refractivity contribution in [3.8, 4) is 0 Å². The molecule has 3 N–H and O–H groups in total. The Kier molecular flexibility index (Phi) is 6.65. The lowest BCUT2D eigenvalue weighted by Gasteiger charge is -1.99. The number of benzene rings is 1. The summed E-state index contributed by atoms with van der Waals surface area (Å²) in [6.07, 6.45) is 2.46. The van der Waals surface area contributed by atoms with E-state index in [0.29, 0.717) is 6.54 Å². The molecule has 23 heavy (non-hydrogen) atoms. The summed E-state index contributed by atoms with van der Waals surface area (Å²) in [5.74, 6) is 0. The molecule has 0 atom stereocenters. The van der Waals surface area contributed by atoms with E-state index in [2.05, 4.69) is 20.5 Å². The van der Waals surface area contributed by atoms with Gasteiger partial charge in [-0.05, 0) is 30.8 Å². The van der Waals surface area contributed by atoms with Crippen LogP contribution in [0.15, 0.2) is 47.6 Å². The van der Waals surface area contributed by atoms with Crippen LogP contribution in [0, 0.1) is 0 Å². The van der Waals surface area contributed by atoms with Crippen LogP contribution >= 0.6 is 11.3 Å². The van der Waals surface area contributed by atoms with E-state index in [9.17, 15) is 0 Å². The van der Waals surface area contributed by atoms with Gasteiger partial charge in [-0.15, -0.1) is 0 Å². The highest BCUT2D eigenvalue weighted by Crippen LogP contribution is 2.25. The summed E-state index contributed by atoms with van der Waals surface area (Å²) in [5.41, 5.74) is 11.2. The summed E-state index contributed by atoms with van der Waals surface area (Å²) in [6.45, 7) is 4.59. The fraction of sp³-hybridized carbons (Fsp3) is 0.235. The molecular formula is C17H21N5S. The lowest BCUT2D eigenvalue weighted by molar-refractivity contribution is 0.921. The molecular weight excluding hydrogens is 306 g/mol. The molecule has 0 saturated heterocycles. The van der Waals surface area contributed by atoms with Crippen LogP contribution in [0.25, 0.3) is 10.2 Å². The first-order chi connectivity index (χ1) is 11.3. The van der Waals surface area contributed by atoms with E-state index in [1.54, 1.807) is 17.6 Å². The number of nitrogens with one attached hydrogen (secondary N) is 1. The van der Waals surface area contributed by atoms with Crippen molar-refractivity contribution in [2.45, 2.75) is 20.3 Å². The highest BCUT2D eigenvalue weighted by Gasteiger charge is 2.01. The number of anilines is 1. The van der Waals surface area contributed by atoms with Gasteiger partial charge in [-0.25, -0.2) is 4.98 Å². The molecule has 3 rings (SSSR count). The maximum Gasteiger partial charge on any atom is 0.204 e. The van der Waals surface area contributed by atoms with Gasteiger partial charge < -0.3 is 5.73 Å². The minimum absolute atomic E-state index is 0.595. The van der Waals surface area contributed by atoms with Crippen LogP contribution in [0.4, 0.5) is 5.13 Å². The molecule has 0 aliphatic heterocycles. The Labute approximate surface area is 140 Å². The predicted octanol–water partition coefficient (Wildman–Crippen LogP) is 3.66. The first-order valence-corrected chi connectivity index (χ1v) is 8.47. The molecule has 3 aromatic rings. The van der Waals surface area contributed by atoms with Gasteiger partial charge in [0.2, 0.25) is 5.13 Å². The molecule has 2 heterocycles. The standard InChI is InChI=1S/C15H15N5S.C2H6/c16-9-8-11-4-3-5-12(18-11)10-17-20-15-19-13-6-1-2-7-14(13)21-15;1-2/h1-7,10H,8-9,16H2,(H,19,20);1-2H3/b17-10+;. The van der Waals surface area contributed by atoms with Gasteiger partial charge in [0.1, 0.15) is 0 Å². The van der Waals surface area contributed by atoms with Crippen LogP contribution in [-0.2, 0) is 6.42 Å². The third-order valence-corrected chi connectivity index (χ3v) is 3.82. The number of fused-ring (bicyclic) bond motifs is 1. The molecule has 0 spiro atoms. The van der Waals surface area contributed by atoms with Crippen LogP contribution < -0.4 is 11.2 Å². The van der Waals surface area contributed by atoms with Crippen LogP contribution in [-0.4, -0.2) is 22.7 Å². The van der Waals surface area contributed by atoms with E-state index in [-0.39, 0.29) is 0 Å². The van der Waals surface area contributed by atoms with Gasteiger partial charge >= 0.3 is 0 Å². The van der Waals surface area contributed by atoms with Crippen molar-refractivity contribution in [1.29, 1.82) is 0 Å². The molecule has 0 saturated carbocycles. The average molecular weight is 327 g/mol. The summed E-state index contributed by atoms with van der Waals surface area (Å²) < 4.78 is 1.14. The van der Waals surface area contributed by atoms with E-state index >= 15 is 0 Å². The monoisotopic (exact) mass is 327 g/mol. The zero-order valence-corrected chi connectivity index (χ0v) is 14.2. The van der Waals surface area contributed by atoms with Gasteiger partial charge in [-0.2, -0.15) is 5.10 Å². The van der Waals surface area contributed by atoms with E-state index in [1.807, 2.05) is 56.3 Å². The largest absolute Gasteiger partial charge is 0.330 e. The van der Waals surface area contributed by atoms with Crippen molar-refractivity contribution in [1.82, 2.24) is 9.97 Å². The number of thiazole rings is 1. The molecule has 6 heteroatoms. The van der Waals surface area contributed by atoms with Gasteiger partial charge in [0, 0.05) is 12.1 Å². The number of nitrogens with zero attached hydrogens (tertiary/aromatic N) is 3. The second-order valence-corrected chi connectivity index (χ2v) is 5.48. The second-order valence-electron chi connectivity index (χ2n) is 4.45. The maximum atomic E-state index is 5.53. The molecule has 0 aliphatic carbocycles. The topological polar surface area (TPSA) is 76.2 Å². The summed E-state index contributed by atoms with van der Waals surface area (Å²) >= 11 is 1.57. The number of hydrogen-bond donors (Lipinski definition) is 2. The normalized spacial score (nSPS) is 10.6. The van der Waals surface area contributed by atoms with E-state index in [4.69, 9.17) is 5.73 Å². The number of nitrogens with two attached hydrogens (primary N) is 1. The summed E-state index contributed by atoms with van der Waals surface area (Å²) in [4.78, 5) is 8.90. The molecule has 5 nitrogen and oxygen atoms in total. The first-order valence-electron chi connectivity index (χ1n) is 7.66. The highest BCUT2D eigenvalue weighted by atomic mass is 32.1. The Morgan fingerprint density at radius 2 is 1.96 bits per heavy atom. The van der Waals surface area contributed by atoms with Crippen molar-refractivity contribution in [3.63, 3.8) is 0 Å². The Hall–Kier alpha value is -2.31. The van der Waals surface area contributed by atoms with Crippen LogP contribution in [0.3, 0.4) is 0 Å². The van der Waals surface area contributed by atoms with Crippen molar-refractivity contribution < 1.29 is 0 Å². The number of hydrogen-bond acceptors (Lipinski definition) is 6. The maximum absolute atomic E-state index is 5.53. The quantitative estimate of drug-likeness (QED) is 0.554. The SMILES string of the molecule is CC.NCCc1cccc(/C=N/Nc2nc3ccccc3s2)n1. The van der Waals surface area contributed by atoms with Crippen LogP contribution in [0.5, 0.6) is 0 Å². The Morgan fingerprint density at radius 1 is 1.13 bits per heavy atom. The van der Waals surface area contributed by atoms with E-state index in [0.717, 1.165) is 33.2 Å². The van der Waals surface area contributed by atoms with Gasteiger partial charge in [0.05, 0.1) is 22.1 Å². The van der Waals surface area contributed by atoms with Crippen molar-refractivity contribution in [2.75, 3.05) is 12.0 Å². The number of aromatic nitrogens is 2. The van der Waals surface area contributed by atoms with Gasteiger partial charge in [0.15, 0.2) is 0 Å². The van der Waals surface area contributed by atoms with Crippen molar-refractivity contribution in [3.05, 3.63) is 53.9 Å². The zero-order chi connectivity index (χ0) is 16.5. The van der Waals surface area contributed by atoms with Crippen molar-refractivity contribution in [2.24, 2.45) is 10.8 Å². The molecule has 2 aromatic heterocycles. The third kappa shape index (κ3) is 4.84. The van der Waals surface area contributed by atoms with E-state index < -0.39 is 0 Å². The fourth-order valence-electron chi connectivity index (χ4n) is 1.93. The number of hydrazone groups is 1. The molecule has 0 amide bonds. The Balaban J connectivity index is 0.000000924. The zero-order valence-electron chi connectivity index (χ0n) is 13.4. The van der Waals surface area contributed by atoms with Crippen molar-refractivity contribution >= 4 is 32.9 Å². The number of rotatable bonds is 5. The molecule has 0 unspecified atom stereocenters. The fourth-order valence-corrected chi connectivity index (χ4v) is 2.75. The Morgan fingerprint density at radius 3 is 2.74 bits per heavy atom. The smallest absolute Gasteiger partial charge is 0.204 e. The lowest BCUT2D eigenvalue weighted by Crippen LogP contribution is -2.05. The predicted molar refractivity (Wildman–Crippen MR) is 99.2 cm³/mol. The van der Waals surface area contributed by atoms with Gasteiger partial charge in [-0.1, -0.05) is 43.4 Å². The van der Waals surface area contributed by atoms with Gasteiger partial charge in [-0.3, -0.25) is 10.4 Å². The average Bonchev–Trinajstić information content (AvgIpc) is 3.00. The Bertz CT molecular complexity index is 733. The minimum atomic E-state index is 0.595. The molecule has 1 aromatic carbocycles. The lowest BCUT2D eigenvalue weighted by atomic mass is 10.2. The summed E-state index contributed by atoms with van der Waals surface area (Å²) in [7, 11) is 0. The second kappa shape index (κ2) is 8.97. The minimum Gasteiger partial charge on any atom is -0.330 e. The van der Waals surface area contributed by atoms with Crippen LogP contribution in [0.1, 0.15) is 25.2 Å². The van der Waals surface area contributed by atoms with Gasteiger partial charge in [0.25, 0.3) is 0 Å². The summed E-state index contributed by atoms with van der Waals surface area (Å²) in [5, 5.41) is 4.96. The molecule has 0 aliphatic rings. The van der Waals surface area contributed by atoms with E-state index in [1.165, 1.54) is 0 Å². The molecule has 0 fully saturated rings. The first kappa shape index (κ1) is 17.1. The third-order valence-electron chi connectivity index (χ3n) is 2.88. The highest BCUT2D eigenvalue weighted by molar-refractivity contribution is 7.22. The number of pyridine rings is 1. The number of para-hydroxylation sites is 1. The van der Waals surface area contributed by atoms with Crippen LogP contribution in [0.2, 0.25) is 0 Å². The molecule has 0 bridgehead atoms. The summed E-state index contributed by atoms with van der Waals surface area (Å²) in [6, 6.07) is 13.8. The molecule has 120 valence electrons. The molecule has 0 radical (unpaired) electrons.